The van der Waals surface area contributed by atoms with Crippen molar-refractivity contribution in [3.8, 4) is 0 Å². The summed E-state index contributed by atoms with van der Waals surface area (Å²) in [5.41, 5.74) is 11.4. The smallest absolute Gasteiger partial charge is 0.220 e. The minimum atomic E-state index is -0.120. The van der Waals surface area contributed by atoms with Gasteiger partial charge >= 0.3 is 0 Å². The summed E-state index contributed by atoms with van der Waals surface area (Å²) in [6.07, 6.45) is 7.05. The topological polar surface area (TPSA) is 72.3 Å². The van der Waals surface area contributed by atoms with Crippen molar-refractivity contribution in [2.75, 3.05) is 19.6 Å². The van der Waals surface area contributed by atoms with Gasteiger partial charge < -0.3 is 16.4 Å². The third-order valence-electron chi connectivity index (χ3n) is 5.35. The molecule has 3 atom stereocenters. The van der Waals surface area contributed by atoms with Gasteiger partial charge in [-0.3, -0.25) is 4.79 Å². The Morgan fingerprint density at radius 2 is 1.89 bits per heavy atom. The summed E-state index contributed by atoms with van der Waals surface area (Å²) in [6.45, 7) is 5.14. The molecule has 19 heavy (non-hydrogen) atoms. The molecule has 1 saturated heterocycles. The first-order chi connectivity index (χ1) is 9.15. The minimum absolute atomic E-state index is 0.0955. The molecule has 2 rings (SSSR count). The van der Waals surface area contributed by atoms with Gasteiger partial charge in [-0.1, -0.05) is 19.8 Å². The minimum Gasteiger partial charge on any atom is -0.369 e. The maximum atomic E-state index is 11.2. The van der Waals surface area contributed by atoms with E-state index in [-0.39, 0.29) is 11.8 Å². The number of rotatable bonds is 4. The summed E-state index contributed by atoms with van der Waals surface area (Å²) in [7, 11) is 0. The lowest BCUT2D eigenvalue weighted by atomic mass is 9.76. The molecule has 1 heterocycles. The quantitative estimate of drug-likeness (QED) is 0.807. The molecule has 4 N–H and O–H groups in total. The summed E-state index contributed by atoms with van der Waals surface area (Å²) < 4.78 is 0. The Morgan fingerprint density at radius 1 is 1.21 bits per heavy atom. The lowest BCUT2D eigenvalue weighted by Gasteiger charge is -2.44. The molecular weight excluding hydrogens is 238 g/mol. The monoisotopic (exact) mass is 267 g/mol. The highest BCUT2D eigenvalue weighted by molar-refractivity contribution is 5.76. The van der Waals surface area contributed by atoms with Gasteiger partial charge in [-0.2, -0.15) is 0 Å². The molecule has 0 spiro atoms. The van der Waals surface area contributed by atoms with Crippen LogP contribution in [0.4, 0.5) is 0 Å². The maximum Gasteiger partial charge on any atom is 0.220 e. The maximum absolute atomic E-state index is 11.2. The average Bonchev–Trinajstić information content (AvgIpc) is 2.46. The van der Waals surface area contributed by atoms with Crippen molar-refractivity contribution in [2.24, 2.45) is 29.2 Å². The van der Waals surface area contributed by atoms with Crippen LogP contribution >= 0.6 is 0 Å². The summed E-state index contributed by atoms with van der Waals surface area (Å²) >= 11 is 0. The molecule has 1 aliphatic heterocycles. The number of amides is 1. The summed E-state index contributed by atoms with van der Waals surface area (Å²) in [4.78, 5) is 13.8. The zero-order valence-corrected chi connectivity index (χ0v) is 12.2. The molecule has 110 valence electrons. The molecule has 0 aromatic carbocycles. The third kappa shape index (κ3) is 3.48. The van der Waals surface area contributed by atoms with Gasteiger partial charge in [0.2, 0.25) is 5.91 Å². The summed E-state index contributed by atoms with van der Waals surface area (Å²) in [5, 5.41) is 0. The van der Waals surface area contributed by atoms with Crippen molar-refractivity contribution >= 4 is 5.91 Å². The van der Waals surface area contributed by atoms with Gasteiger partial charge in [-0.25, -0.2) is 0 Å². The molecule has 1 aliphatic carbocycles. The van der Waals surface area contributed by atoms with Crippen LogP contribution in [-0.4, -0.2) is 36.5 Å². The van der Waals surface area contributed by atoms with Crippen LogP contribution in [0.25, 0.3) is 0 Å². The molecule has 1 saturated carbocycles. The third-order valence-corrected chi connectivity index (χ3v) is 5.35. The second-order valence-electron chi connectivity index (χ2n) is 6.36. The molecule has 1 amide bonds. The van der Waals surface area contributed by atoms with Gasteiger partial charge in [0, 0.05) is 12.0 Å². The average molecular weight is 267 g/mol. The van der Waals surface area contributed by atoms with E-state index in [9.17, 15) is 4.79 Å². The molecule has 4 nitrogen and oxygen atoms in total. The summed E-state index contributed by atoms with van der Waals surface area (Å²) in [5.74, 6) is 1.48. The number of nitrogens with zero attached hydrogens (tertiary/aromatic N) is 1. The first-order valence-electron chi connectivity index (χ1n) is 7.89. The number of carbonyl (C=O) groups is 1. The number of primary amides is 1. The van der Waals surface area contributed by atoms with Gasteiger partial charge in [-0.15, -0.1) is 0 Å². The molecule has 0 aromatic heterocycles. The number of likely N-dealkylation sites (tertiary alicyclic amines) is 1. The van der Waals surface area contributed by atoms with Crippen LogP contribution in [0.5, 0.6) is 0 Å². The largest absolute Gasteiger partial charge is 0.369 e. The molecule has 0 bridgehead atoms. The van der Waals surface area contributed by atoms with Crippen molar-refractivity contribution in [3.63, 3.8) is 0 Å². The Hall–Kier alpha value is -0.610. The van der Waals surface area contributed by atoms with Crippen LogP contribution < -0.4 is 11.5 Å². The van der Waals surface area contributed by atoms with Crippen molar-refractivity contribution in [3.05, 3.63) is 0 Å². The van der Waals surface area contributed by atoms with E-state index in [1.165, 1.54) is 25.7 Å². The molecular formula is C15H29N3O. The number of hydrogen-bond acceptors (Lipinski definition) is 3. The standard InChI is InChI=1S/C15H29N3O/c1-2-11-3-4-13(10-16)14(9-11)18-7-5-12(6-8-18)15(17)19/h11-14H,2-10,16H2,1H3,(H2,17,19). The normalized spacial score (nSPS) is 34.3. The lowest BCUT2D eigenvalue weighted by Crippen LogP contribution is -2.50. The van der Waals surface area contributed by atoms with E-state index in [1.807, 2.05) is 0 Å². The fourth-order valence-corrected chi connectivity index (χ4v) is 3.90. The fraction of sp³-hybridized carbons (Fsp3) is 0.933. The SMILES string of the molecule is CCC1CCC(CN)C(N2CCC(C(N)=O)CC2)C1. The van der Waals surface area contributed by atoms with E-state index >= 15 is 0 Å². The van der Waals surface area contributed by atoms with E-state index in [4.69, 9.17) is 11.5 Å². The Labute approximate surface area is 116 Å². The van der Waals surface area contributed by atoms with Crippen molar-refractivity contribution < 1.29 is 4.79 Å². The Morgan fingerprint density at radius 3 is 2.42 bits per heavy atom. The lowest BCUT2D eigenvalue weighted by molar-refractivity contribution is -0.123. The van der Waals surface area contributed by atoms with Crippen LogP contribution in [0, 0.1) is 17.8 Å². The predicted molar refractivity (Wildman–Crippen MR) is 77.5 cm³/mol. The first kappa shape index (κ1) is 14.8. The van der Waals surface area contributed by atoms with Crippen LogP contribution in [0.3, 0.4) is 0 Å². The van der Waals surface area contributed by atoms with Gasteiger partial charge in [0.05, 0.1) is 0 Å². The van der Waals surface area contributed by atoms with Crippen LogP contribution in [0.2, 0.25) is 0 Å². The van der Waals surface area contributed by atoms with Crippen LogP contribution in [0.1, 0.15) is 45.4 Å². The molecule has 4 heteroatoms. The van der Waals surface area contributed by atoms with Gasteiger partial charge in [0.15, 0.2) is 0 Å². The molecule has 0 radical (unpaired) electrons. The number of carbonyl (C=O) groups excluding carboxylic acids is 1. The van der Waals surface area contributed by atoms with Gasteiger partial charge in [0.1, 0.15) is 0 Å². The van der Waals surface area contributed by atoms with E-state index < -0.39 is 0 Å². The summed E-state index contributed by atoms with van der Waals surface area (Å²) in [6, 6.07) is 0.637. The number of hydrogen-bond donors (Lipinski definition) is 2. The Kier molecular flexibility index (Phi) is 5.22. The van der Waals surface area contributed by atoms with Crippen molar-refractivity contribution in [1.82, 2.24) is 4.90 Å². The van der Waals surface area contributed by atoms with Gasteiger partial charge in [-0.05, 0) is 57.2 Å². The first-order valence-corrected chi connectivity index (χ1v) is 7.89. The Bertz CT molecular complexity index is 300. The highest BCUT2D eigenvalue weighted by Gasteiger charge is 2.35. The van der Waals surface area contributed by atoms with E-state index in [0.717, 1.165) is 38.4 Å². The highest BCUT2D eigenvalue weighted by Crippen LogP contribution is 2.35. The van der Waals surface area contributed by atoms with Crippen molar-refractivity contribution in [1.29, 1.82) is 0 Å². The zero-order chi connectivity index (χ0) is 13.8. The van der Waals surface area contributed by atoms with E-state index in [2.05, 4.69) is 11.8 Å². The van der Waals surface area contributed by atoms with Gasteiger partial charge in [0.25, 0.3) is 0 Å². The number of piperidine rings is 1. The number of nitrogens with two attached hydrogens (primary N) is 2. The fourth-order valence-electron chi connectivity index (χ4n) is 3.90. The van der Waals surface area contributed by atoms with Crippen LogP contribution in [-0.2, 0) is 4.79 Å². The molecule has 0 aromatic rings. The van der Waals surface area contributed by atoms with E-state index in [0.29, 0.717) is 12.0 Å². The molecule has 2 fully saturated rings. The molecule has 2 aliphatic rings. The van der Waals surface area contributed by atoms with Crippen LogP contribution in [0.15, 0.2) is 0 Å². The second-order valence-corrected chi connectivity index (χ2v) is 6.36. The Balaban J connectivity index is 1.93. The van der Waals surface area contributed by atoms with Crippen molar-refractivity contribution in [2.45, 2.75) is 51.5 Å². The highest BCUT2D eigenvalue weighted by atomic mass is 16.1. The van der Waals surface area contributed by atoms with E-state index in [1.54, 1.807) is 0 Å². The molecule has 3 unspecified atom stereocenters. The predicted octanol–water partition coefficient (Wildman–Crippen LogP) is 1.34. The second kappa shape index (κ2) is 6.71. The zero-order valence-electron chi connectivity index (χ0n) is 12.2.